The first-order valence-electron chi connectivity index (χ1n) is 10.4. The Morgan fingerprint density at radius 1 is 1.12 bits per heavy atom. The first kappa shape index (κ1) is 22.7. The summed E-state index contributed by atoms with van der Waals surface area (Å²) in [5, 5.41) is 2.40. The Hall–Kier alpha value is -2.50. The molecule has 174 valence electrons. The van der Waals surface area contributed by atoms with Crippen LogP contribution in [0, 0.1) is 23.7 Å². The Morgan fingerprint density at radius 3 is 2.41 bits per heavy atom. The molecule has 0 bridgehead atoms. The third-order valence-electron chi connectivity index (χ3n) is 5.97. The lowest BCUT2D eigenvalue weighted by molar-refractivity contribution is -0.182. The number of carbonyl (C=O) groups is 1. The first-order chi connectivity index (χ1) is 15.0. The summed E-state index contributed by atoms with van der Waals surface area (Å²) in [5.41, 5.74) is -0.110. The zero-order valence-electron chi connectivity index (χ0n) is 17.0. The van der Waals surface area contributed by atoms with Crippen LogP contribution >= 0.6 is 0 Å². The van der Waals surface area contributed by atoms with E-state index in [2.05, 4.69) is 14.7 Å². The second kappa shape index (κ2) is 8.45. The summed E-state index contributed by atoms with van der Waals surface area (Å²) in [4.78, 5) is 16.5. The molecule has 7 nitrogen and oxygen atoms in total. The van der Waals surface area contributed by atoms with E-state index in [0.29, 0.717) is 0 Å². The molecule has 2 saturated carbocycles. The molecule has 0 spiro atoms. The Kier molecular flexibility index (Phi) is 5.99. The van der Waals surface area contributed by atoms with Gasteiger partial charge in [-0.2, -0.15) is 26.0 Å². The van der Waals surface area contributed by atoms with Crippen LogP contribution in [0.4, 0.5) is 23.4 Å². The van der Waals surface area contributed by atoms with Crippen molar-refractivity contribution >= 4 is 27.6 Å². The number of alkyl halides is 3. The zero-order chi connectivity index (χ0) is 23.1. The molecule has 32 heavy (non-hydrogen) atoms. The molecule has 1 amide bonds. The molecular formula is C20H22F4N4O3S. The van der Waals surface area contributed by atoms with Crippen molar-refractivity contribution in [2.75, 3.05) is 11.9 Å². The van der Waals surface area contributed by atoms with Crippen LogP contribution in [0.2, 0.25) is 0 Å². The van der Waals surface area contributed by atoms with Gasteiger partial charge in [0.1, 0.15) is 11.5 Å². The summed E-state index contributed by atoms with van der Waals surface area (Å²) >= 11 is 0. The molecule has 3 aliphatic rings. The second-order valence-electron chi connectivity index (χ2n) is 8.39. The van der Waals surface area contributed by atoms with E-state index in [-0.39, 0.29) is 55.4 Å². The molecule has 4 rings (SSSR count). The van der Waals surface area contributed by atoms with Crippen molar-refractivity contribution in [1.29, 1.82) is 0 Å². The molecule has 2 fully saturated rings. The summed E-state index contributed by atoms with van der Waals surface area (Å²) < 4.78 is 82.9. The highest BCUT2D eigenvalue weighted by atomic mass is 32.2. The molecular weight excluding hydrogens is 452 g/mol. The molecule has 1 aliphatic heterocycles. The molecule has 0 radical (unpaired) electrons. The second-order valence-corrected chi connectivity index (χ2v) is 9.91. The van der Waals surface area contributed by atoms with Gasteiger partial charge in [-0.25, -0.2) is 9.29 Å². The van der Waals surface area contributed by atoms with Crippen LogP contribution < -0.4 is 5.32 Å². The lowest BCUT2D eigenvalue weighted by atomic mass is 9.79. The van der Waals surface area contributed by atoms with Gasteiger partial charge in [-0.1, -0.05) is 6.07 Å². The van der Waals surface area contributed by atoms with E-state index in [1.54, 1.807) is 0 Å². The molecule has 1 aromatic heterocycles. The predicted molar refractivity (Wildman–Crippen MR) is 108 cm³/mol. The normalized spacial score (nSPS) is 25.7. The summed E-state index contributed by atoms with van der Waals surface area (Å²) in [7, 11) is -4.24. The van der Waals surface area contributed by atoms with Crippen molar-refractivity contribution in [2.45, 2.75) is 44.7 Å². The van der Waals surface area contributed by atoms with Crippen molar-refractivity contribution in [3.05, 3.63) is 35.9 Å². The fourth-order valence-electron chi connectivity index (χ4n) is 4.02. The Labute approximate surface area is 182 Å². The maximum Gasteiger partial charge on any atom is 0.391 e. The molecule has 0 saturated heterocycles. The number of hydrogen-bond donors (Lipinski definition) is 1. The van der Waals surface area contributed by atoms with Crippen LogP contribution in [0.5, 0.6) is 0 Å². The number of nitrogens with one attached hydrogen (secondary N) is 1. The van der Waals surface area contributed by atoms with Gasteiger partial charge in [-0.05, 0) is 62.7 Å². The van der Waals surface area contributed by atoms with Gasteiger partial charge < -0.3 is 5.32 Å². The smallest absolute Gasteiger partial charge is 0.305 e. The van der Waals surface area contributed by atoms with Gasteiger partial charge >= 0.3 is 16.4 Å². The van der Waals surface area contributed by atoms with E-state index in [9.17, 15) is 30.8 Å². The summed E-state index contributed by atoms with van der Waals surface area (Å²) in [6, 6.07) is 3.80. The summed E-state index contributed by atoms with van der Waals surface area (Å²) in [5.74, 6) is -3.52. The highest BCUT2D eigenvalue weighted by molar-refractivity contribution is 7.88. The van der Waals surface area contributed by atoms with Crippen LogP contribution in [0.15, 0.2) is 34.4 Å². The van der Waals surface area contributed by atoms with Crippen molar-refractivity contribution in [3.63, 3.8) is 0 Å². The number of nitrogens with zero attached hydrogens (tertiary/aromatic N) is 3. The van der Waals surface area contributed by atoms with E-state index in [0.717, 1.165) is 23.2 Å². The monoisotopic (exact) mass is 474 g/mol. The first-order valence-corrected chi connectivity index (χ1v) is 11.8. The third kappa shape index (κ3) is 5.11. The topological polar surface area (TPSA) is 91.7 Å². The van der Waals surface area contributed by atoms with Crippen molar-refractivity contribution in [3.8, 4) is 0 Å². The third-order valence-corrected chi connectivity index (χ3v) is 7.32. The molecule has 2 aliphatic carbocycles. The fourth-order valence-corrected chi connectivity index (χ4v) is 5.37. The van der Waals surface area contributed by atoms with Crippen LogP contribution in [0.25, 0.3) is 0 Å². The lowest BCUT2D eigenvalue weighted by Crippen LogP contribution is -2.41. The van der Waals surface area contributed by atoms with E-state index < -0.39 is 40.1 Å². The minimum atomic E-state index is -4.29. The van der Waals surface area contributed by atoms with E-state index in [1.165, 1.54) is 18.2 Å². The van der Waals surface area contributed by atoms with Gasteiger partial charge in [0.2, 0.25) is 5.95 Å². The fraction of sp³-hybridized carbons (Fsp3) is 0.550. The maximum atomic E-state index is 13.4. The van der Waals surface area contributed by atoms with E-state index >= 15 is 0 Å². The van der Waals surface area contributed by atoms with Crippen molar-refractivity contribution < 1.29 is 30.8 Å². The largest absolute Gasteiger partial charge is 0.391 e. The quantitative estimate of drug-likeness (QED) is 0.519. The number of anilines is 1. The predicted octanol–water partition coefficient (Wildman–Crippen LogP) is 3.82. The lowest BCUT2D eigenvalue weighted by Gasteiger charge is -2.33. The Bertz CT molecular complexity index is 1060. The van der Waals surface area contributed by atoms with E-state index in [4.69, 9.17) is 0 Å². The maximum absolute atomic E-state index is 13.4. The van der Waals surface area contributed by atoms with Crippen LogP contribution in [-0.4, -0.2) is 42.0 Å². The number of allylic oxidation sites excluding steroid dienone is 1. The highest BCUT2D eigenvalue weighted by Gasteiger charge is 2.43. The van der Waals surface area contributed by atoms with Gasteiger partial charge in [0, 0.05) is 12.5 Å². The number of rotatable bonds is 5. The summed E-state index contributed by atoms with van der Waals surface area (Å²) in [6.07, 6.45) is -1.31. The number of hydrogen-bond acceptors (Lipinski definition) is 4. The molecule has 0 atom stereocenters. The number of halogens is 4. The minimum Gasteiger partial charge on any atom is -0.305 e. The molecule has 1 N–H and O–H groups in total. The molecule has 0 aromatic carbocycles. The summed E-state index contributed by atoms with van der Waals surface area (Å²) in [6.45, 7) is 0.0791. The molecule has 12 heteroatoms. The van der Waals surface area contributed by atoms with Crippen LogP contribution in [0.1, 0.15) is 38.5 Å². The average Bonchev–Trinajstić information content (AvgIpc) is 3.53. The Morgan fingerprint density at radius 2 is 1.81 bits per heavy atom. The van der Waals surface area contributed by atoms with E-state index in [1.807, 2.05) is 0 Å². The SMILES string of the molecule is O=C(Nc1cccc(F)n1)C1=CC(C2CCC(C(F)(F)F)CC2)=NS(=O)(=O)N1CC1CC1. The molecule has 1 aromatic rings. The van der Waals surface area contributed by atoms with Gasteiger partial charge in [0.25, 0.3) is 5.91 Å². The van der Waals surface area contributed by atoms with Gasteiger partial charge in [-0.3, -0.25) is 4.79 Å². The van der Waals surface area contributed by atoms with Gasteiger partial charge in [-0.15, -0.1) is 4.40 Å². The number of amides is 1. The standard InChI is InChI=1S/C20H22F4N4O3S/c21-17-2-1-3-18(25-17)26-19(29)16-10-15(13-6-8-14(9-7-13)20(22,23)24)27-32(30,31)28(16)11-12-4-5-12/h1-3,10,12-14H,4-9,11H2,(H,25,26,29). The van der Waals surface area contributed by atoms with Gasteiger partial charge in [0.05, 0.1) is 11.6 Å². The average molecular weight is 474 g/mol. The number of carbonyl (C=O) groups excluding carboxylic acids is 1. The number of pyridine rings is 1. The van der Waals surface area contributed by atoms with Gasteiger partial charge in [0.15, 0.2) is 0 Å². The highest BCUT2D eigenvalue weighted by Crippen LogP contribution is 2.41. The Balaban J connectivity index is 1.59. The van der Waals surface area contributed by atoms with Crippen LogP contribution in [0.3, 0.4) is 0 Å². The molecule has 0 unspecified atom stereocenters. The zero-order valence-corrected chi connectivity index (χ0v) is 17.8. The number of aromatic nitrogens is 1. The minimum absolute atomic E-state index is 0.0787. The van der Waals surface area contributed by atoms with Crippen molar-refractivity contribution in [2.24, 2.45) is 22.2 Å². The molecule has 2 heterocycles. The van der Waals surface area contributed by atoms with Crippen molar-refractivity contribution in [1.82, 2.24) is 9.29 Å². The van der Waals surface area contributed by atoms with Crippen LogP contribution in [-0.2, 0) is 15.0 Å².